The number of sulfonamides is 1. The summed E-state index contributed by atoms with van der Waals surface area (Å²) in [6.07, 6.45) is 23.9. The maximum Gasteiger partial charge on any atom is 0.279 e. The molecule has 1 amide bonds. The van der Waals surface area contributed by atoms with Gasteiger partial charge in [-0.2, -0.15) is 0 Å². The molecule has 0 aliphatic rings. The number of thiazole rings is 1. The molecule has 1 aromatic heterocycles. The number of unbranched alkanes of at least 4 members (excludes halogenated alkanes) is 15. The lowest BCUT2D eigenvalue weighted by Crippen LogP contribution is -2.36. The number of carbonyl (C=O) groups excluding carboxylic acids is 1. The zero-order chi connectivity index (χ0) is 28.4. The summed E-state index contributed by atoms with van der Waals surface area (Å²) >= 11 is 2.68. The van der Waals surface area contributed by atoms with Crippen LogP contribution in [0.4, 0.5) is 4.79 Å². The number of aromatic nitrogens is 1. The molecule has 0 aliphatic carbocycles. The Morgan fingerprint density at radius 2 is 1.49 bits per heavy atom. The Labute approximate surface area is 247 Å². The van der Waals surface area contributed by atoms with E-state index in [1.165, 1.54) is 108 Å². The maximum absolute atomic E-state index is 12.2. The monoisotopic (exact) mass is 605 g/mol. The van der Waals surface area contributed by atoms with Gasteiger partial charge in [-0.3, -0.25) is 4.79 Å². The number of methoxy groups -OCH3 is 1. The molecule has 2 N–H and O–H groups in total. The summed E-state index contributed by atoms with van der Waals surface area (Å²) < 4.78 is 32.4. The molecule has 1 atom stereocenters. The first-order chi connectivity index (χ1) is 19.0. The highest BCUT2D eigenvalue weighted by Gasteiger charge is 2.16. The summed E-state index contributed by atoms with van der Waals surface area (Å²) in [5.74, 6) is 0.457. The Hall–Kier alpha value is -0.680. The van der Waals surface area contributed by atoms with Gasteiger partial charge in [-0.15, -0.1) is 11.3 Å². The van der Waals surface area contributed by atoms with Gasteiger partial charge in [0.1, 0.15) is 0 Å². The van der Waals surface area contributed by atoms with Crippen LogP contribution in [0.2, 0.25) is 0 Å². The molecule has 10 heteroatoms. The highest BCUT2D eigenvalue weighted by molar-refractivity contribution is 8.13. The van der Waals surface area contributed by atoms with Crippen molar-refractivity contribution in [3.05, 3.63) is 16.6 Å². The number of nitrogens with zero attached hydrogens (tertiary/aromatic N) is 1. The van der Waals surface area contributed by atoms with Gasteiger partial charge in [0.2, 0.25) is 10.0 Å². The molecular formula is C29H55N3O4S3. The van der Waals surface area contributed by atoms with E-state index in [2.05, 4.69) is 21.9 Å². The van der Waals surface area contributed by atoms with Gasteiger partial charge in [0.05, 0.1) is 16.9 Å². The predicted molar refractivity (Wildman–Crippen MR) is 168 cm³/mol. The van der Waals surface area contributed by atoms with Gasteiger partial charge < -0.3 is 10.1 Å². The molecule has 1 rings (SSSR count). The molecule has 0 aliphatic heterocycles. The summed E-state index contributed by atoms with van der Waals surface area (Å²) in [5.41, 5.74) is 0. The van der Waals surface area contributed by atoms with Crippen molar-refractivity contribution in [1.82, 2.24) is 15.0 Å². The van der Waals surface area contributed by atoms with Gasteiger partial charge in [0, 0.05) is 43.9 Å². The minimum absolute atomic E-state index is 0.0515. The van der Waals surface area contributed by atoms with E-state index in [4.69, 9.17) is 4.74 Å². The molecular weight excluding hydrogens is 551 g/mol. The van der Waals surface area contributed by atoms with Gasteiger partial charge in [0.15, 0.2) is 0 Å². The summed E-state index contributed by atoms with van der Waals surface area (Å²) in [7, 11) is -1.84. The van der Waals surface area contributed by atoms with Crippen LogP contribution in [0.3, 0.4) is 0 Å². The Morgan fingerprint density at radius 3 is 2.00 bits per heavy atom. The number of hydrogen-bond acceptors (Lipinski definition) is 7. The van der Waals surface area contributed by atoms with Crippen LogP contribution in [-0.4, -0.2) is 56.4 Å². The fourth-order valence-electron chi connectivity index (χ4n) is 4.38. The summed E-state index contributed by atoms with van der Waals surface area (Å²) in [6, 6.07) is 0. The van der Waals surface area contributed by atoms with Crippen molar-refractivity contribution in [2.24, 2.45) is 0 Å². The molecule has 0 spiro atoms. The highest BCUT2D eigenvalue weighted by Crippen LogP contribution is 2.14. The van der Waals surface area contributed by atoms with Crippen molar-refractivity contribution in [2.75, 3.05) is 31.7 Å². The zero-order valence-electron chi connectivity index (χ0n) is 24.6. The first-order valence-electron chi connectivity index (χ1n) is 15.3. The molecule has 0 aromatic carbocycles. The third-order valence-electron chi connectivity index (χ3n) is 6.85. The molecule has 1 aromatic rings. The number of rotatable bonds is 27. The third-order valence-corrected chi connectivity index (χ3v) is 10.1. The van der Waals surface area contributed by atoms with Crippen LogP contribution in [0.5, 0.6) is 0 Å². The van der Waals surface area contributed by atoms with Crippen LogP contribution in [0.25, 0.3) is 0 Å². The molecule has 0 bridgehead atoms. The Kier molecular flexibility index (Phi) is 23.4. The topological polar surface area (TPSA) is 97.4 Å². The first-order valence-corrected chi connectivity index (χ1v) is 18.8. The Bertz CT molecular complexity index is 792. The number of ether oxygens (including phenoxy) is 1. The van der Waals surface area contributed by atoms with Crippen LogP contribution in [-0.2, 0) is 21.2 Å². The van der Waals surface area contributed by atoms with Gasteiger partial charge in [-0.25, -0.2) is 18.1 Å². The van der Waals surface area contributed by atoms with Crippen molar-refractivity contribution >= 4 is 38.4 Å². The number of amides is 1. The smallest absolute Gasteiger partial charge is 0.279 e. The van der Waals surface area contributed by atoms with Crippen molar-refractivity contribution in [3.8, 4) is 0 Å². The van der Waals surface area contributed by atoms with Gasteiger partial charge in [0.25, 0.3) is 5.24 Å². The number of thioether (sulfide) groups is 1. The molecule has 0 radical (unpaired) electrons. The van der Waals surface area contributed by atoms with E-state index in [9.17, 15) is 13.2 Å². The maximum atomic E-state index is 12.2. The van der Waals surface area contributed by atoms with Crippen LogP contribution in [0, 0.1) is 0 Å². The molecule has 39 heavy (non-hydrogen) atoms. The molecule has 1 unspecified atom stereocenters. The molecule has 7 nitrogen and oxygen atoms in total. The van der Waals surface area contributed by atoms with E-state index in [0.717, 1.165) is 29.6 Å². The average Bonchev–Trinajstić information content (AvgIpc) is 3.44. The minimum Gasteiger partial charge on any atom is -0.379 e. The lowest BCUT2D eigenvalue weighted by Gasteiger charge is -2.15. The van der Waals surface area contributed by atoms with Crippen LogP contribution >= 0.6 is 23.1 Å². The third kappa shape index (κ3) is 22.7. The van der Waals surface area contributed by atoms with Crippen LogP contribution in [0.1, 0.15) is 121 Å². The van der Waals surface area contributed by atoms with Crippen LogP contribution in [0.15, 0.2) is 11.6 Å². The second-order valence-electron chi connectivity index (χ2n) is 10.4. The molecule has 228 valence electrons. The molecule has 0 fully saturated rings. The number of hydrogen-bond donors (Lipinski definition) is 2. The SMILES string of the molecule is CCCCCCCCCCCCCCCCCCNC(=O)SCC(CNS(=O)(=O)CCCc1nccs1)OC. The zero-order valence-corrected chi connectivity index (χ0v) is 27.0. The van der Waals surface area contributed by atoms with Crippen molar-refractivity contribution in [3.63, 3.8) is 0 Å². The van der Waals surface area contributed by atoms with E-state index in [0.29, 0.717) is 25.1 Å². The van der Waals surface area contributed by atoms with Crippen molar-refractivity contribution in [2.45, 2.75) is 129 Å². The quantitative estimate of drug-likeness (QED) is 0.0997. The lowest BCUT2D eigenvalue weighted by atomic mass is 10.0. The number of aryl methyl sites for hydroxylation is 1. The van der Waals surface area contributed by atoms with Gasteiger partial charge >= 0.3 is 0 Å². The molecule has 0 saturated carbocycles. The van der Waals surface area contributed by atoms with E-state index >= 15 is 0 Å². The normalized spacial score (nSPS) is 12.6. The Morgan fingerprint density at radius 1 is 0.923 bits per heavy atom. The van der Waals surface area contributed by atoms with Crippen LogP contribution < -0.4 is 10.0 Å². The summed E-state index contributed by atoms with van der Waals surface area (Å²) in [6.45, 7) is 3.12. The lowest BCUT2D eigenvalue weighted by molar-refractivity contribution is 0.126. The fourth-order valence-corrected chi connectivity index (χ4v) is 6.94. The van der Waals surface area contributed by atoms with Gasteiger partial charge in [-0.1, -0.05) is 115 Å². The number of nitrogens with one attached hydrogen (secondary N) is 2. The van der Waals surface area contributed by atoms with Gasteiger partial charge in [-0.05, 0) is 12.8 Å². The fraction of sp³-hybridized carbons (Fsp3) is 0.862. The van der Waals surface area contributed by atoms with E-state index in [1.807, 2.05) is 5.38 Å². The summed E-state index contributed by atoms with van der Waals surface area (Å²) in [5, 5.41) is 5.71. The van der Waals surface area contributed by atoms with E-state index < -0.39 is 10.0 Å². The Balaban J connectivity index is 1.91. The number of carbonyl (C=O) groups is 1. The standard InChI is InChI=1S/C29H55N3O4S3/c1-3-4-5-6-7-8-9-10-11-12-13-14-15-16-17-18-21-31-29(33)38-26-27(36-2)25-32-39(34,35)24-19-20-28-30-22-23-37-28/h22-23,27,32H,3-21,24-26H2,1-2H3,(H,31,33). The highest BCUT2D eigenvalue weighted by atomic mass is 32.2. The molecule has 0 saturated heterocycles. The largest absolute Gasteiger partial charge is 0.379 e. The van der Waals surface area contributed by atoms with Crippen molar-refractivity contribution in [1.29, 1.82) is 0 Å². The first kappa shape index (κ1) is 36.3. The minimum atomic E-state index is -3.38. The van der Waals surface area contributed by atoms with Crippen molar-refractivity contribution < 1.29 is 17.9 Å². The van der Waals surface area contributed by atoms with E-state index in [-0.39, 0.29) is 23.6 Å². The second kappa shape index (κ2) is 25.1. The predicted octanol–water partition coefficient (Wildman–Crippen LogP) is 7.71. The molecule has 1 heterocycles. The van der Waals surface area contributed by atoms with E-state index in [1.54, 1.807) is 6.20 Å². The summed E-state index contributed by atoms with van der Waals surface area (Å²) in [4.78, 5) is 16.3. The average molecular weight is 606 g/mol. The second-order valence-corrected chi connectivity index (χ2v) is 14.3.